The van der Waals surface area contributed by atoms with Gasteiger partial charge in [-0.1, -0.05) is 67.1 Å². The molecule has 324 valence electrons. The number of likely N-dealkylation sites (tertiary alicyclic amines) is 1. The maximum atomic E-state index is 14.8. The van der Waals surface area contributed by atoms with Gasteiger partial charge in [0, 0.05) is 57.9 Å². The molecule has 0 bridgehead atoms. The molecule has 16 heteroatoms. The zero-order valence-corrected chi connectivity index (χ0v) is 33.8. The van der Waals surface area contributed by atoms with Crippen LogP contribution in [0.3, 0.4) is 0 Å². The molecule has 0 aliphatic carbocycles. The number of ether oxygens (including phenoxy) is 1. The second-order valence-electron chi connectivity index (χ2n) is 15.3. The number of carbonyl (C=O) groups excluding carboxylic acids is 1. The standard InChI is InChI=1S/C44H54F3N5O8/c1-31-32(10-7-11-37(31)33-8-3-2-4-9-33)13-14-34-25-40(35(24-38(34)44(45,46)47)27-52-16-6-5-12-39(52)43(58)59)60-23-15-48-26-36(53)28-49-17-19-50(29-41(54)55)21-22-51(20-18-49)30-42(56)57/h2-4,7-11,13-14,24-25,39,48H,5-6,12,15-23,26-30H2,1H3,(H,54,55)(H,56,57)(H,58,59)/b14-13+/t39-/m0/s1. The van der Waals surface area contributed by atoms with Crippen molar-refractivity contribution in [3.8, 4) is 16.9 Å². The van der Waals surface area contributed by atoms with Crippen LogP contribution in [0.25, 0.3) is 23.3 Å². The Hall–Kier alpha value is -5.13. The number of ketones is 1. The molecule has 1 atom stereocenters. The molecule has 2 saturated heterocycles. The molecule has 0 unspecified atom stereocenters. The number of benzene rings is 3. The van der Waals surface area contributed by atoms with Crippen LogP contribution in [0.5, 0.6) is 5.75 Å². The van der Waals surface area contributed by atoms with E-state index >= 15 is 0 Å². The summed E-state index contributed by atoms with van der Waals surface area (Å²) in [5, 5.41) is 31.6. The number of carboxylic acid groups (broad SMARTS) is 3. The Bertz CT molecular complexity index is 1950. The molecule has 60 heavy (non-hydrogen) atoms. The first-order valence-electron chi connectivity index (χ1n) is 20.2. The summed E-state index contributed by atoms with van der Waals surface area (Å²) in [7, 11) is 0. The van der Waals surface area contributed by atoms with E-state index in [-0.39, 0.29) is 68.5 Å². The highest BCUT2D eigenvalue weighted by Crippen LogP contribution is 2.38. The quantitative estimate of drug-likeness (QED) is 0.101. The minimum atomic E-state index is -4.72. The summed E-state index contributed by atoms with van der Waals surface area (Å²) in [6.45, 7) is 4.37. The minimum Gasteiger partial charge on any atom is -0.492 e. The van der Waals surface area contributed by atoms with Crippen LogP contribution in [0.1, 0.15) is 47.1 Å². The maximum Gasteiger partial charge on any atom is 0.417 e. The number of alkyl halides is 3. The molecule has 0 aromatic heterocycles. The van der Waals surface area contributed by atoms with Crippen LogP contribution in [-0.4, -0.2) is 150 Å². The van der Waals surface area contributed by atoms with E-state index in [9.17, 15) is 47.7 Å². The number of halogens is 3. The lowest BCUT2D eigenvalue weighted by Gasteiger charge is -2.33. The van der Waals surface area contributed by atoms with E-state index in [1.165, 1.54) is 12.1 Å². The fourth-order valence-electron chi connectivity index (χ4n) is 7.71. The summed E-state index contributed by atoms with van der Waals surface area (Å²) in [6.07, 6.45) is 0.145. The number of Topliss-reactive ketones (excluding diaryl/α,β-unsaturated/α-hetero) is 1. The molecule has 13 nitrogen and oxygen atoms in total. The van der Waals surface area contributed by atoms with Gasteiger partial charge in [-0.2, -0.15) is 13.2 Å². The second kappa shape index (κ2) is 21.9. The molecule has 2 aliphatic heterocycles. The monoisotopic (exact) mass is 837 g/mol. The first kappa shape index (κ1) is 45.9. The number of aliphatic carboxylic acids is 3. The number of hydrogen-bond donors (Lipinski definition) is 4. The molecular weight excluding hydrogens is 784 g/mol. The lowest BCUT2D eigenvalue weighted by molar-refractivity contribution is -0.145. The number of carboxylic acids is 3. The van der Waals surface area contributed by atoms with E-state index in [2.05, 4.69) is 5.32 Å². The van der Waals surface area contributed by atoms with E-state index in [1.807, 2.05) is 60.4 Å². The van der Waals surface area contributed by atoms with Crippen LogP contribution in [0, 0.1) is 6.92 Å². The fourth-order valence-corrected chi connectivity index (χ4v) is 7.71. The largest absolute Gasteiger partial charge is 0.492 e. The van der Waals surface area contributed by atoms with Crippen molar-refractivity contribution in [1.82, 2.24) is 24.9 Å². The SMILES string of the molecule is Cc1c(/C=C/c2cc(OCCNCC(=O)CN3CCN(CC(=O)O)CCN(CC(=O)O)CC3)c(CN3CCCC[C@H]3C(=O)O)cc2C(F)(F)F)cccc1-c1ccccc1. The predicted molar refractivity (Wildman–Crippen MR) is 221 cm³/mol. The summed E-state index contributed by atoms with van der Waals surface area (Å²) < 4.78 is 50.4. The van der Waals surface area contributed by atoms with Gasteiger partial charge in [0.25, 0.3) is 0 Å². The fraction of sp³-hybridized carbons (Fsp3) is 0.455. The first-order chi connectivity index (χ1) is 28.7. The highest BCUT2D eigenvalue weighted by molar-refractivity contribution is 5.82. The van der Waals surface area contributed by atoms with E-state index < -0.39 is 35.7 Å². The van der Waals surface area contributed by atoms with Crippen LogP contribution in [0.2, 0.25) is 0 Å². The van der Waals surface area contributed by atoms with Crippen LogP contribution in [0.15, 0.2) is 60.7 Å². The molecule has 3 aromatic rings. The molecule has 3 aromatic carbocycles. The lowest BCUT2D eigenvalue weighted by Crippen LogP contribution is -2.44. The van der Waals surface area contributed by atoms with Gasteiger partial charge in [0.05, 0.1) is 31.7 Å². The predicted octanol–water partition coefficient (Wildman–Crippen LogP) is 4.92. The Balaban J connectivity index is 1.30. The summed E-state index contributed by atoms with van der Waals surface area (Å²) in [5.74, 6) is -3.02. The third kappa shape index (κ3) is 13.7. The van der Waals surface area contributed by atoms with Crippen molar-refractivity contribution >= 4 is 35.8 Å². The summed E-state index contributed by atoms with van der Waals surface area (Å²) in [5.41, 5.74) is 2.79. The highest BCUT2D eigenvalue weighted by atomic mass is 19.4. The second-order valence-corrected chi connectivity index (χ2v) is 15.3. The summed E-state index contributed by atoms with van der Waals surface area (Å²) in [4.78, 5) is 54.9. The number of hydrogen-bond acceptors (Lipinski definition) is 10. The van der Waals surface area contributed by atoms with Crippen molar-refractivity contribution in [1.29, 1.82) is 0 Å². The highest BCUT2D eigenvalue weighted by Gasteiger charge is 2.35. The number of nitrogens with one attached hydrogen (secondary N) is 1. The van der Waals surface area contributed by atoms with Crippen LogP contribution < -0.4 is 10.1 Å². The van der Waals surface area contributed by atoms with E-state index in [0.717, 1.165) is 28.3 Å². The van der Waals surface area contributed by atoms with Crippen molar-refractivity contribution in [3.63, 3.8) is 0 Å². The van der Waals surface area contributed by atoms with E-state index in [0.29, 0.717) is 65.1 Å². The van der Waals surface area contributed by atoms with Crippen LogP contribution in [-0.2, 0) is 31.9 Å². The van der Waals surface area contributed by atoms with Crippen molar-refractivity contribution in [3.05, 3.63) is 88.5 Å². The summed E-state index contributed by atoms with van der Waals surface area (Å²) >= 11 is 0. The molecule has 2 aliphatic rings. The Labute approximate surface area is 348 Å². The molecule has 0 spiro atoms. The number of nitrogens with zero attached hydrogens (tertiary/aromatic N) is 4. The van der Waals surface area contributed by atoms with Gasteiger partial charge < -0.3 is 25.4 Å². The summed E-state index contributed by atoms with van der Waals surface area (Å²) in [6, 6.07) is 16.9. The topological polar surface area (TPSA) is 163 Å². The zero-order chi connectivity index (χ0) is 43.2. The minimum absolute atomic E-state index is 0.00655. The van der Waals surface area contributed by atoms with Gasteiger partial charge in [-0.25, -0.2) is 0 Å². The Kier molecular flexibility index (Phi) is 16.8. The van der Waals surface area contributed by atoms with E-state index in [1.54, 1.807) is 20.8 Å². The Morgan fingerprint density at radius 3 is 2.00 bits per heavy atom. The van der Waals surface area contributed by atoms with Gasteiger partial charge in [-0.3, -0.25) is 38.8 Å². The number of carbonyl (C=O) groups is 4. The van der Waals surface area contributed by atoms with Gasteiger partial charge >= 0.3 is 24.1 Å². The molecule has 2 fully saturated rings. The zero-order valence-electron chi connectivity index (χ0n) is 33.8. The van der Waals surface area contributed by atoms with Gasteiger partial charge in [-0.15, -0.1) is 0 Å². The average molecular weight is 838 g/mol. The van der Waals surface area contributed by atoms with E-state index in [4.69, 9.17) is 4.74 Å². The molecular formula is C44H54F3N5O8. The van der Waals surface area contributed by atoms with Crippen molar-refractivity contribution in [2.75, 3.05) is 85.1 Å². The molecule has 4 N–H and O–H groups in total. The van der Waals surface area contributed by atoms with Crippen LogP contribution >= 0.6 is 0 Å². The molecule has 0 amide bonds. The van der Waals surface area contributed by atoms with Gasteiger partial charge in [0.2, 0.25) is 0 Å². The third-order valence-corrected chi connectivity index (χ3v) is 10.9. The first-order valence-corrected chi connectivity index (χ1v) is 20.2. The molecule has 2 heterocycles. The maximum absolute atomic E-state index is 14.8. The Morgan fingerprint density at radius 1 is 0.783 bits per heavy atom. The normalized spacial score (nSPS) is 17.8. The van der Waals surface area contributed by atoms with Crippen LogP contribution in [0.4, 0.5) is 13.2 Å². The molecule has 0 radical (unpaired) electrons. The van der Waals surface area contributed by atoms with Crippen molar-refractivity contribution < 1.29 is 52.4 Å². The number of piperidine rings is 1. The Morgan fingerprint density at radius 2 is 1.40 bits per heavy atom. The van der Waals surface area contributed by atoms with Crippen molar-refractivity contribution in [2.24, 2.45) is 0 Å². The van der Waals surface area contributed by atoms with Gasteiger partial charge in [-0.05, 0) is 66.3 Å². The molecule has 5 rings (SSSR count). The average Bonchev–Trinajstić information content (AvgIpc) is 3.28. The van der Waals surface area contributed by atoms with Gasteiger partial charge in [0.15, 0.2) is 5.78 Å². The third-order valence-electron chi connectivity index (χ3n) is 10.9. The van der Waals surface area contributed by atoms with Gasteiger partial charge in [0.1, 0.15) is 18.4 Å². The smallest absolute Gasteiger partial charge is 0.417 e. The lowest BCUT2D eigenvalue weighted by atomic mass is 9.95. The van der Waals surface area contributed by atoms with Crippen molar-refractivity contribution in [2.45, 2.75) is 44.9 Å². The number of rotatable bonds is 18. The molecule has 0 saturated carbocycles.